The van der Waals surface area contributed by atoms with Crippen LogP contribution in [-0.4, -0.2) is 99.3 Å². The Labute approximate surface area is 448 Å². The van der Waals surface area contributed by atoms with Gasteiger partial charge in [-0.3, -0.25) is 0 Å². The van der Waals surface area contributed by atoms with Gasteiger partial charge < -0.3 is 53.9 Å². The molecular formula is C56H90B5NO10S. The van der Waals surface area contributed by atoms with Crippen LogP contribution in [0.3, 0.4) is 0 Å². The van der Waals surface area contributed by atoms with Crippen LogP contribution in [0.2, 0.25) is 19.0 Å². The van der Waals surface area contributed by atoms with E-state index in [4.69, 9.17) is 23.9 Å². The van der Waals surface area contributed by atoms with E-state index in [9.17, 15) is 25.1 Å². The number of nitrogens with zero attached hydrogens (tertiary/aromatic N) is 1. The van der Waals surface area contributed by atoms with Gasteiger partial charge >= 0.3 is 35.0 Å². The van der Waals surface area contributed by atoms with E-state index >= 15 is 0 Å². The molecule has 10 rings (SSSR count). The molecule has 5 heterocycles. The zero-order valence-electron chi connectivity index (χ0n) is 46.3. The third-order valence-electron chi connectivity index (χ3n) is 11.7. The second kappa shape index (κ2) is 38.4. The fourth-order valence-corrected chi connectivity index (χ4v) is 8.65. The van der Waals surface area contributed by atoms with Gasteiger partial charge in [0.15, 0.2) is 0 Å². The van der Waals surface area contributed by atoms with Crippen LogP contribution < -0.4 is 41.7 Å². The maximum absolute atomic E-state index is 9.67. The van der Waals surface area contributed by atoms with E-state index in [1.807, 2.05) is 163 Å². The Morgan fingerprint density at radius 3 is 1.64 bits per heavy atom. The number of hydrogen-bond acceptors (Lipinski definition) is 12. The molecule has 0 fully saturated rings. The smallest absolute Gasteiger partial charge is 0.491 e. The van der Waals surface area contributed by atoms with Gasteiger partial charge in [0.05, 0.1) is 33.5 Å². The number of aryl methyl sites for hydroxylation is 3. The fourth-order valence-electron chi connectivity index (χ4n) is 8.20. The maximum atomic E-state index is 9.67. The largest absolute Gasteiger partial charge is 0.497 e. The maximum Gasteiger partial charge on any atom is 0.491 e. The second-order valence-electron chi connectivity index (χ2n) is 15.8. The van der Waals surface area contributed by atoms with Crippen molar-refractivity contribution >= 4 is 79.7 Å². The van der Waals surface area contributed by atoms with Gasteiger partial charge in [-0.05, 0) is 150 Å². The third kappa shape index (κ3) is 20.5. The lowest BCUT2D eigenvalue weighted by Gasteiger charge is -2.14. The Morgan fingerprint density at radius 2 is 1.08 bits per heavy atom. The first-order valence-electron chi connectivity index (χ1n) is 26.2. The highest BCUT2D eigenvalue weighted by Crippen LogP contribution is 2.21. The van der Waals surface area contributed by atoms with Crippen LogP contribution in [0.25, 0.3) is 0 Å². The number of thioether (sulfide) groups is 1. The number of ether oxygens (including phenoxy) is 2. The van der Waals surface area contributed by atoms with Crippen molar-refractivity contribution in [2.75, 3.05) is 39.0 Å². The van der Waals surface area contributed by atoms with Crippen LogP contribution in [0.1, 0.15) is 117 Å². The van der Waals surface area contributed by atoms with E-state index in [0.29, 0.717) is 19.8 Å². The molecule has 5 aromatic rings. The Bertz CT molecular complexity index is 2220. The number of methoxy groups -OCH3 is 1. The molecule has 17 heteroatoms. The number of rotatable bonds is 6. The topological polar surface area (TPSA) is 162 Å². The SMILES string of the molecule is C.CC.CC.CC.CC.CC.CCOc1ccc2c(c1)CCB2O.CN(C)c1ccc2c(c1)B(O)CC2.COc1ccc2c(c1)B(O)OC2.CSc1ccc2c(c1)B(O)OC2.OCc1cccc2c1B(O)CC2. The average Bonchev–Trinajstić information content (AvgIpc) is 4.29. The summed E-state index contributed by atoms with van der Waals surface area (Å²) in [5.41, 5.74) is 12.8. The lowest BCUT2D eigenvalue weighted by Crippen LogP contribution is -2.29. The van der Waals surface area contributed by atoms with Gasteiger partial charge in [0.25, 0.3) is 0 Å². The highest BCUT2D eigenvalue weighted by atomic mass is 32.2. The molecule has 0 saturated carbocycles. The molecule has 0 spiro atoms. The van der Waals surface area contributed by atoms with Gasteiger partial charge in [-0.25, -0.2) is 0 Å². The quantitative estimate of drug-likeness (QED) is 0.0733. The van der Waals surface area contributed by atoms with Gasteiger partial charge in [0.1, 0.15) is 11.5 Å². The molecular weight excluding hydrogens is 933 g/mol. The number of aliphatic hydroxyl groups is 1. The average molecular weight is 1020 g/mol. The van der Waals surface area contributed by atoms with Gasteiger partial charge in [-0.2, -0.15) is 0 Å². The molecule has 0 aliphatic carbocycles. The van der Waals surface area contributed by atoms with Crippen LogP contribution in [0.5, 0.6) is 11.5 Å². The van der Waals surface area contributed by atoms with Crippen LogP contribution in [0.15, 0.2) is 95.9 Å². The number of anilines is 1. The molecule has 0 radical (unpaired) electrons. The van der Waals surface area contributed by atoms with E-state index in [2.05, 4.69) is 23.1 Å². The lowest BCUT2D eigenvalue weighted by atomic mass is 9.61. The highest BCUT2D eigenvalue weighted by molar-refractivity contribution is 7.98. The Hall–Kier alpha value is -4.15. The summed E-state index contributed by atoms with van der Waals surface area (Å²) in [5, 5.41) is 56.5. The zero-order chi connectivity index (χ0) is 54.3. The number of aliphatic hydroxyl groups excluding tert-OH is 1. The Balaban J connectivity index is 0.000000847. The summed E-state index contributed by atoms with van der Waals surface area (Å²) >= 11 is 1.67. The number of benzene rings is 5. The van der Waals surface area contributed by atoms with E-state index in [1.54, 1.807) is 24.9 Å². The van der Waals surface area contributed by atoms with Crippen molar-refractivity contribution in [3.8, 4) is 11.5 Å². The first kappa shape index (κ1) is 68.9. The summed E-state index contributed by atoms with van der Waals surface area (Å²) in [6, 6.07) is 29.7. The minimum atomic E-state index is -0.782. The van der Waals surface area contributed by atoms with Gasteiger partial charge in [0, 0.05) is 24.7 Å². The van der Waals surface area contributed by atoms with Crippen LogP contribution in [0, 0.1) is 0 Å². The van der Waals surface area contributed by atoms with Crippen LogP contribution in [0.4, 0.5) is 5.69 Å². The van der Waals surface area contributed by atoms with Crippen molar-refractivity contribution in [1.29, 1.82) is 0 Å². The minimum absolute atomic E-state index is 0. The minimum Gasteiger partial charge on any atom is -0.497 e. The molecule has 0 bridgehead atoms. The van der Waals surface area contributed by atoms with Gasteiger partial charge in [-0.15, -0.1) is 11.8 Å². The molecule has 0 amide bonds. The van der Waals surface area contributed by atoms with Crippen molar-refractivity contribution in [1.82, 2.24) is 0 Å². The summed E-state index contributed by atoms with van der Waals surface area (Å²) in [4.78, 5) is 3.23. The van der Waals surface area contributed by atoms with Crippen molar-refractivity contribution in [3.63, 3.8) is 0 Å². The molecule has 0 aromatic heterocycles. The third-order valence-corrected chi connectivity index (χ3v) is 12.4. The number of fused-ring (bicyclic) bond motifs is 5. The van der Waals surface area contributed by atoms with Crippen LogP contribution >= 0.6 is 11.8 Å². The van der Waals surface area contributed by atoms with Crippen molar-refractivity contribution in [2.45, 2.75) is 147 Å². The highest BCUT2D eigenvalue weighted by Gasteiger charge is 2.29. The van der Waals surface area contributed by atoms with Crippen molar-refractivity contribution in [3.05, 3.63) is 124 Å². The first-order valence-corrected chi connectivity index (χ1v) is 27.4. The molecule has 11 nitrogen and oxygen atoms in total. The van der Waals surface area contributed by atoms with Crippen molar-refractivity contribution in [2.24, 2.45) is 0 Å². The van der Waals surface area contributed by atoms with Crippen molar-refractivity contribution < 1.29 is 49.0 Å². The van der Waals surface area contributed by atoms with E-state index in [-0.39, 0.29) is 34.8 Å². The molecule has 0 atom stereocenters. The van der Waals surface area contributed by atoms with Gasteiger partial charge in [-0.1, -0.05) is 130 Å². The predicted molar refractivity (Wildman–Crippen MR) is 319 cm³/mol. The second-order valence-corrected chi connectivity index (χ2v) is 16.7. The summed E-state index contributed by atoms with van der Waals surface area (Å²) in [6.07, 6.45) is 7.47. The molecule has 0 saturated heterocycles. The van der Waals surface area contributed by atoms with E-state index in [0.717, 1.165) is 93.7 Å². The zero-order valence-corrected chi connectivity index (χ0v) is 47.1. The summed E-state index contributed by atoms with van der Waals surface area (Å²) in [7, 11) is 4.14. The standard InChI is InChI=1S/C10H14BNO.C10H13BO2.C9H11BO2.C8H9BO3.C8H9BO2S.5C2H6.CH4/c1-12(2)9-4-3-8-5-6-11(13)10(8)7-9;1-2-13-9-3-4-10-8(7-9)5-6-11(10)12;11-6-8-3-1-2-7-4-5-10(12)9(7)8;1-11-7-3-2-6-5-12-9(10)8(6)4-7;1-12-7-3-2-6-5-11-9(10)8(6)4-7;5*1-2;/h3-4,7,13H,5-6H2,1-2H3;3-4,7,12H,2,5-6H2,1H3;1-3,11-12H,4-6H2;2*2-4,10H,5H2,1H3;5*1-2H3;1H4. The van der Waals surface area contributed by atoms with E-state index < -0.39 is 14.2 Å². The summed E-state index contributed by atoms with van der Waals surface area (Å²) in [6.45, 7) is 22.9. The Morgan fingerprint density at radius 1 is 0.562 bits per heavy atom. The normalized spacial score (nSPS) is 12.9. The lowest BCUT2D eigenvalue weighted by molar-refractivity contribution is 0.275. The molecule has 6 N–H and O–H groups in total. The monoisotopic (exact) mass is 1020 g/mol. The molecule has 73 heavy (non-hydrogen) atoms. The van der Waals surface area contributed by atoms with Gasteiger partial charge in [0.2, 0.25) is 0 Å². The summed E-state index contributed by atoms with van der Waals surface area (Å²) < 4.78 is 20.5. The molecule has 5 aliphatic heterocycles. The molecule has 0 unspecified atom stereocenters. The Kier molecular flexibility index (Phi) is 36.2. The molecule has 400 valence electrons. The predicted octanol–water partition coefficient (Wildman–Crippen LogP) is 7.56. The molecule has 5 aromatic carbocycles. The van der Waals surface area contributed by atoms with Crippen LogP contribution in [-0.2, 0) is 48.4 Å². The summed E-state index contributed by atoms with van der Waals surface area (Å²) in [5.74, 6) is 1.66. The first-order chi connectivity index (χ1) is 34.9. The molecule has 5 aliphatic rings. The number of hydrogen-bond donors (Lipinski definition) is 6. The van der Waals surface area contributed by atoms with E-state index in [1.165, 1.54) is 27.3 Å². The fraction of sp³-hybridized carbons (Fsp3) is 0.464.